The third-order valence-electron chi connectivity index (χ3n) is 4.91. The minimum atomic E-state index is -0.236. The maximum atomic E-state index is 12.4. The third kappa shape index (κ3) is 1.85. The van der Waals surface area contributed by atoms with Crippen LogP contribution in [0.1, 0.15) is 22.3 Å². The fraction of sp³-hybridized carbons (Fsp3) is 0.353. The van der Waals surface area contributed by atoms with Gasteiger partial charge < -0.3 is 0 Å². The lowest BCUT2D eigenvalue weighted by atomic mass is 9.85. The molecular weight excluding hydrogens is 282 g/mol. The molecule has 3 aliphatic rings. The van der Waals surface area contributed by atoms with Crippen LogP contribution in [0.25, 0.3) is 0 Å². The molecule has 5 heteroatoms. The van der Waals surface area contributed by atoms with Crippen LogP contribution in [0.4, 0.5) is 0 Å². The second-order valence-electron chi connectivity index (χ2n) is 6.10. The Balaban J connectivity index is 1.46. The van der Waals surface area contributed by atoms with Crippen molar-refractivity contribution in [2.75, 3.05) is 0 Å². The van der Waals surface area contributed by atoms with E-state index in [0.717, 1.165) is 23.3 Å². The van der Waals surface area contributed by atoms with Crippen LogP contribution in [0, 0.1) is 23.7 Å². The Labute approximate surface area is 127 Å². The van der Waals surface area contributed by atoms with E-state index in [1.165, 1.54) is 0 Å². The Kier molecular flexibility index (Phi) is 2.97. The Morgan fingerprint density at radius 1 is 1.05 bits per heavy atom. The second kappa shape index (κ2) is 4.88. The molecule has 1 saturated carbocycles. The SMILES string of the molecule is O=Cc1ccc(CON2C(=O)C3C(C2=O)[C@H]2C=C[C@@H]3C2)cc1. The van der Waals surface area contributed by atoms with E-state index < -0.39 is 0 Å². The van der Waals surface area contributed by atoms with Gasteiger partial charge in [0.2, 0.25) is 0 Å². The summed E-state index contributed by atoms with van der Waals surface area (Å²) in [5.74, 6) is -0.522. The molecule has 2 amide bonds. The van der Waals surface area contributed by atoms with Gasteiger partial charge in [0.15, 0.2) is 0 Å². The number of aldehydes is 1. The Morgan fingerprint density at radius 2 is 1.64 bits per heavy atom. The minimum Gasteiger partial charge on any atom is -0.298 e. The summed E-state index contributed by atoms with van der Waals surface area (Å²) in [7, 11) is 0. The largest absolute Gasteiger partial charge is 0.298 e. The van der Waals surface area contributed by atoms with Crippen molar-refractivity contribution in [3.05, 3.63) is 47.5 Å². The zero-order valence-electron chi connectivity index (χ0n) is 11.8. The van der Waals surface area contributed by atoms with Crippen LogP contribution in [-0.4, -0.2) is 23.2 Å². The standard InChI is InChI=1S/C17H15NO4/c19-8-10-1-3-11(4-2-10)9-22-18-16(20)14-12-5-6-13(7-12)15(14)17(18)21/h1-6,8,12-15H,7,9H2/t12-,13+,14?,15?. The summed E-state index contributed by atoms with van der Waals surface area (Å²) in [6.45, 7) is 0.138. The molecule has 1 aromatic carbocycles. The quantitative estimate of drug-likeness (QED) is 0.482. The van der Waals surface area contributed by atoms with Gasteiger partial charge in [-0.15, -0.1) is 0 Å². The third-order valence-corrected chi connectivity index (χ3v) is 4.91. The first-order chi connectivity index (χ1) is 10.7. The van der Waals surface area contributed by atoms with E-state index in [1.54, 1.807) is 24.3 Å². The molecule has 2 aliphatic carbocycles. The average molecular weight is 297 g/mol. The molecular formula is C17H15NO4. The summed E-state index contributed by atoms with van der Waals surface area (Å²) in [5, 5.41) is 0.954. The maximum absolute atomic E-state index is 12.4. The fourth-order valence-corrected chi connectivity index (χ4v) is 3.83. The number of carbonyl (C=O) groups is 3. The molecule has 0 N–H and O–H groups in total. The van der Waals surface area contributed by atoms with Crippen LogP contribution in [0.5, 0.6) is 0 Å². The summed E-state index contributed by atoms with van der Waals surface area (Å²) in [5.41, 5.74) is 1.39. The van der Waals surface area contributed by atoms with E-state index in [4.69, 9.17) is 4.84 Å². The van der Waals surface area contributed by atoms with Gasteiger partial charge in [0.05, 0.1) is 11.8 Å². The van der Waals surface area contributed by atoms with E-state index in [9.17, 15) is 14.4 Å². The van der Waals surface area contributed by atoms with Crippen molar-refractivity contribution in [3.8, 4) is 0 Å². The first-order valence-corrected chi connectivity index (χ1v) is 7.42. The van der Waals surface area contributed by atoms with Crippen molar-refractivity contribution in [1.29, 1.82) is 0 Å². The summed E-state index contributed by atoms with van der Waals surface area (Å²) >= 11 is 0. The lowest BCUT2D eigenvalue weighted by molar-refractivity contribution is -0.193. The molecule has 1 saturated heterocycles. The number of hydrogen-bond donors (Lipinski definition) is 0. The summed E-state index contributed by atoms with van der Waals surface area (Å²) in [6.07, 6.45) is 5.78. The maximum Gasteiger partial charge on any atom is 0.258 e. The number of fused-ring (bicyclic) bond motifs is 5. The molecule has 2 fully saturated rings. The fourth-order valence-electron chi connectivity index (χ4n) is 3.83. The first-order valence-electron chi connectivity index (χ1n) is 7.42. The highest BCUT2D eigenvalue weighted by Crippen LogP contribution is 2.52. The van der Waals surface area contributed by atoms with Crippen molar-refractivity contribution < 1.29 is 19.2 Å². The van der Waals surface area contributed by atoms with Crippen LogP contribution in [0.3, 0.4) is 0 Å². The van der Waals surface area contributed by atoms with Gasteiger partial charge in [-0.1, -0.05) is 36.4 Å². The molecule has 1 aromatic rings. The molecule has 2 unspecified atom stereocenters. The number of nitrogens with zero attached hydrogens (tertiary/aromatic N) is 1. The average Bonchev–Trinajstić information content (AvgIpc) is 3.21. The number of benzene rings is 1. The van der Waals surface area contributed by atoms with E-state index in [0.29, 0.717) is 5.56 Å². The lowest BCUT2D eigenvalue weighted by Gasteiger charge is -2.16. The molecule has 0 aromatic heterocycles. The Morgan fingerprint density at radius 3 is 2.18 bits per heavy atom. The first kappa shape index (κ1) is 13.4. The highest BCUT2D eigenvalue weighted by molar-refractivity contribution is 6.05. The van der Waals surface area contributed by atoms with E-state index in [2.05, 4.69) is 12.2 Å². The zero-order valence-corrected chi connectivity index (χ0v) is 11.8. The molecule has 112 valence electrons. The summed E-state index contributed by atoms with van der Waals surface area (Å²) in [6, 6.07) is 6.86. The van der Waals surface area contributed by atoms with Gasteiger partial charge in [-0.25, -0.2) is 0 Å². The minimum absolute atomic E-state index is 0.138. The van der Waals surface area contributed by atoms with Crippen molar-refractivity contribution >= 4 is 18.1 Å². The van der Waals surface area contributed by atoms with Gasteiger partial charge in [0.25, 0.3) is 11.8 Å². The van der Waals surface area contributed by atoms with Gasteiger partial charge in [-0.2, -0.15) is 5.06 Å². The van der Waals surface area contributed by atoms with Crippen molar-refractivity contribution in [2.24, 2.45) is 23.7 Å². The monoisotopic (exact) mass is 297 g/mol. The molecule has 1 heterocycles. The van der Waals surface area contributed by atoms with Crippen molar-refractivity contribution in [1.82, 2.24) is 5.06 Å². The van der Waals surface area contributed by atoms with Crippen LogP contribution in [0.15, 0.2) is 36.4 Å². The molecule has 4 atom stereocenters. The van der Waals surface area contributed by atoms with Gasteiger partial charge in [-0.3, -0.25) is 19.2 Å². The number of hydrogen-bond acceptors (Lipinski definition) is 4. The topological polar surface area (TPSA) is 63.7 Å². The van der Waals surface area contributed by atoms with E-state index >= 15 is 0 Å². The van der Waals surface area contributed by atoms with Gasteiger partial charge in [0.1, 0.15) is 12.9 Å². The lowest BCUT2D eigenvalue weighted by Crippen LogP contribution is -2.32. The van der Waals surface area contributed by atoms with Crippen LogP contribution >= 0.6 is 0 Å². The number of hydroxylamine groups is 2. The number of imide groups is 1. The summed E-state index contributed by atoms with van der Waals surface area (Å²) < 4.78 is 0. The van der Waals surface area contributed by atoms with Crippen molar-refractivity contribution in [2.45, 2.75) is 13.0 Å². The molecule has 0 spiro atoms. The van der Waals surface area contributed by atoms with Gasteiger partial charge >= 0.3 is 0 Å². The smallest absolute Gasteiger partial charge is 0.258 e. The molecule has 0 radical (unpaired) electrons. The molecule has 1 aliphatic heterocycles. The molecule has 5 nitrogen and oxygen atoms in total. The second-order valence-corrected chi connectivity index (χ2v) is 6.10. The van der Waals surface area contributed by atoms with Gasteiger partial charge in [0, 0.05) is 5.56 Å². The number of carbonyl (C=O) groups excluding carboxylic acids is 3. The highest BCUT2D eigenvalue weighted by Gasteiger charge is 2.60. The summed E-state index contributed by atoms with van der Waals surface area (Å²) in [4.78, 5) is 40.9. The molecule has 4 rings (SSSR count). The Hall–Kier alpha value is -2.27. The van der Waals surface area contributed by atoms with E-state index in [1.807, 2.05) is 0 Å². The molecule has 22 heavy (non-hydrogen) atoms. The predicted molar refractivity (Wildman–Crippen MR) is 76.2 cm³/mol. The highest BCUT2D eigenvalue weighted by atomic mass is 16.7. The van der Waals surface area contributed by atoms with Crippen LogP contribution in [0.2, 0.25) is 0 Å². The normalized spacial score (nSPS) is 31.9. The zero-order chi connectivity index (χ0) is 15.3. The van der Waals surface area contributed by atoms with Crippen LogP contribution < -0.4 is 0 Å². The van der Waals surface area contributed by atoms with Crippen molar-refractivity contribution in [3.63, 3.8) is 0 Å². The number of amides is 2. The van der Waals surface area contributed by atoms with Crippen LogP contribution in [-0.2, 0) is 21.0 Å². The number of rotatable bonds is 4. The van der Waals surface area contributed by atoms with Gasteiger partial charge in [-0.05, 0) is 23.8 Å². The predicted octanol–water partition coefficient (Wildman–Crippen LogP) is 1.74. The molecule has 2 bridgehead atoms. The Bertz CT molecular complexity index is 648. The number of allylic oxidation sites excluding steroid dienone is 2. The van der Waals surface area contributed by atoms with E-state index in [-0.39, 0.29) is 42.1 Å².